The van der Waals surface area contributed by atoms with Crippen LogP contribution in [0.4, 0.5) is 10.1 Å². The lowest BCUT2D eigenvalue weighted by atomic mass is 10.2. The quantitative estimate of drug-likeness (QED) is 0.631. The summed E-state index contributed by atoms with van der Waals surface area (Å²) >= 11 is 0. The molecule has 1 fully saturated rings. The Morgan fingerprint density at radius 3 is 2.06 bits per heavy atom. The predicted octanol–water partition coefficient (Wildman–Crippen LogP) is 2.25. The zero-order valence-corrected chi connectivity index (χ0v) is 19.6. The van der Waals surface area contributed by atoms with Crippen LogP contribution in [0, 0.1) is 5.82 Å². The Hall–Kier alpha value is -2.82. The minimum atomic E-state index is -3.57. The summed E-state index contributed by atoms with van der Waals surface area (Å²) in [4.78, 5) is 28.9. The monoisotopic (exact) mass is 476 g/mol. The molecule has 2 aromatic carbocycles. The van der Waals surface area contributed by atoms with Crippen molar-refractivity contribution in [3.8, 4) is 0 Å². The van der Waals surface area contributed by atoms with Gasteiger partial charge < -0.3 is 10.2 Å². The third kappa shape index (κ3) is 6.16. The van der Waals surface area contributed by atoms with Crippen LogP contribution in [0.15, 0.2) is 53.4 Å². The molecule has 0 aliphatic carbocycles. The first kappa shape index (κ1) is 24.8. The molecule has 10 heteroatoms. The lowest BCUT2D eigenvalue weighted by Gasteiger charge is -2.34. The van der Waals surface area contributed by atoms with Gasteiger partial charge in [0.15, 0.2) is 0 Å². The van der Waals surface area contributed by atoms with Crippen LogP contribution in [0.3, 0.4) is 0 Å². The molecule has 1 heterocycles. The van der Waals surface area contributed by atoms with Crippen molar-refractivity contribution in [2.24, 2.45) is 0 Å². The Kier molecular flexibility index (Phi) is 8.17. The van der Waals surface area contributed by atoms with Gasteiger partial charge in [0.25, 0.3) is 5.91 Å². The molecule has 0 bridgehead atoms. The molecule has 0 spiro atoms. The summed E-state index contributed by atoms with van der Waals surface area (Å²) in [5.41, 5.74) is 0.956. The van der Waals surface area contributed by atoms with Crippen molar-refractivity contribution in [3.05, 3.63) is 59.9 Å². The Morgan fingerprint density at radius 2 is 1.52 bits per heavy atom. The Balaban J connectivity index is 1.52. The third-order valence-electron chi connectivity index (χ3n) is 5.60. The van der Waals surface area contributed by atoms with Gasteiger partial charge in [-0.3, -0.25) is 14.5 Å². The van der Waals surface area contributed by atoms with Crippen molar-refractivity contribution in [2.75, 3.05) is 51.1 Å². The van der Waals surface area contributed by atoms with Gasteiger partial charge in [-0.25, -0.2) is 12.8 Å². The molecule has 2 amide bonds. The normalized spacial score (nSPS) is 15.0. The van der Waals surface area contributed by atoms with Crippen molar-refractivity contribution >= 4 is 27.5 Å². The number of piperazine rings is 1. The first-order chi connectivity index (χ1) is 15.7. The molecule has 1 aliphatic rings. The van der Waals surface area contributed by atoms with Gasteiger partial charge in [-0.15, -0.1) is 0 Å². The minimum Gasteiger partial charge on any atom is -0.336 e. The Morgan fingerprint density at radius 1 is 0.939 bits per heavy atom. The number of rotatable bonds is 8. The van der Waals surface area contributed by atoms with E-state index in [2.05, 4.69) is 5.32 Å². The molecule has 1 saturated heterocycles. The van der Waals surface area contributed by atoms with E-state index in [0.29, 0.717) is 50.5 Å². The molecule has 33 heavy (non-hydrogen) atoms. The van der Waals surface area contributed by atoms with Gasteiger partial charge in [0.05, 0.1) is 11.4 Å². The van der Waals surface area contributed by atoms with Crippen LogP contribution in [0.1, 0.15) is 24.2 Å². The highest BCUT2D eigenvalue weighted by Crippen LogP contribution is 2.18. The van der Waals surface area contributed by atoms with Crippen molar-refractivity contribution in [1.29, 1.82) is 0 Å². The van der Waals surface area contributed by atoms with E-state index in [9.17, 15) is 22.4 Å². The number of anilines is 1. The maximum absolute atomic E-state index is 13.0. The Bertz CT molecular complexity index is 1060. The van der Waals surface area contributed by atoms with E-state index in [1.807, 2.05) is 4.90 Å². The second-order valence-corrected chi connectivity index (χ2v) is 9.68. The first-order valence-electron chi connectivity index (χ1n) is 10.9. The molecule has 178 valence electrons. The van der Waals surface area contributed by atoms with Crippen LogP contribution in [-0.2, 0) is 14.8 Å². The van der Waals surface area contributed by atoms with Crippen LogP contribution >= 0.6 is 0 Å². The van der Waals surface area contributed by atoms with E-state index in [1.165, 1.54) is 40.7 Å². The van der Waals surface area contributed by atoms with Gasteiger partial charge in [0, 0.05) is 50.5 Å². The van der Waals surface area contributed by atoms with Gasteiger partial charge in [0.2, 0.25) is 15.9 Å². The molecule has 2 aromatic rings. The van der Waals surface area contributed by atoms with Gasteiger partial charge >= 0.3 is 0 Å². The molecular formula is C23H29FN4O4S. The smallest absolute Gasteiger partial charge is 0.253 e. The molecule has 0 radical (unpaired) electrons. The zero-order chi connectivity index (χ0) is 24.0. The van der Waals surface area contributed by atoms with E-state index in [-0.39, 0.29) is 29.1 Å². The summed E-state index contributed by atoms with van der Waals surface area (Å²) < 4.78 is 39.6. The molecule has 1 N–H and O–H groups in total. The fourth-order valence-corrected chi connectivity index (χ4v) is 5.17. The van der Waals surface area contributed by atoms with E-state index in [0.717, 1.165) is 0 Å². The highest BCUT2D eigenvalue weighted by atomic mass is 32.2. The van der Waals surface area contributed by atoms with Crippen molar-refractivity contribution in [2.45, 2.75) is 18.7 Å². The van der Waals surface area contributed by atoms with E-state index in [1.54, 1.807) is 30.9 Å². The second-order valence-electron chi connectivity index (χ2n) is 7.74. The standard InChI is InChI=1S/C23H29FN4O4S/c1-3-28(4-2)33(31,32)21-11-5-18(6-12-21)23(30)27-15-13-26(14-16-27)17-22(29)25-20-9-7-19(24)8-10-20/h5-12H,3-4,13-17H2,1-2H3,(H,25,29). The number of carbonyl (C=O) groups excluding carboxylic acids is 2. The highest BCUT2D eigenvalue weighted by molar-refractivity contribution is 7.89. The zero-order valence-electron chi connectivity index (χ0n) is 18.8. The SMILES string of the molecule is CCN(CC)S(=O)(=O)c1ccc(C(=O)N2CCN(CC(=O)Nc3ccc(F)cc3)CC2)cc1. The van der Waals surface area contributed by atoms with Crippen LogP contribution in [-0.4, -0.2) is 80.2 Å². The van der Waals surface area contributed by atoms with Crippen molar-refractivity contribution < 1.29 is 22.4 Å². The van der Waals surface area contributed by atoms with E-state index >= 15 is 0 Å². The second kappa shape index (κ2) is 10.9. The summed E-state index contributed by atoms with van der Waals surface area (Å²) in [6.45, 7) is 6.50. The minimum absolute atomic E-state index is 0.166. The molecule has 3 rings (SSSR count). The van der Waals surface area contributed by atoms with Crippen LogP contribution in [0.25, 0.3) is 0 Å². The number of halogens is 1. The molecular weight excluding hydrogens is 447 g/mol. The number of nitrogens with zero attached hydrogens (tertiary/aromatic N) is 3. The number of hydrogen-bond donors (Lipinski definition) is 1. The molecule has 0 saturated carbocycles. The number of benzene rings is 2. The topological polar surface area (TPSA) is 90.0 Å². The highest BCUT2D eigenvalue weighted by Gasteiger charge is 2.25. The molecule has 0 aromatic heterocycles. The summed E-state index contributed by atoms with van der Waals surface area (Å²) in [5.74, 6) is -0.738. The molecule has 8 nitrogen and oxygen atoms in total. The summed E-state index contributed by atoms with van der Waals surface area (Å²) in [6.07, 6.45) is 0. The lowest BCUT2D eigenvalue weighted by molar-refractivity contribution is -0.117. The van der Waals surface area contributed by atoms with Gasteiger partial charge in [-0.05, 0) is 48.5 Å². The Labute approximate surface area is 194 Å². The van der Waals surface area contributed by atoms with Crippen molar-refractivity contribution in [3.63, 3.8) is 0 Å². The lowest BCUT2D eigenvalue weighted by Crippen LogP contribution is -2.50. The summed E-state index contributed by atoms with van der Waals surface area (Å²) in [7, 11) is -3.57. The fraction of sp³-hybridized carbons (Fsp3) is 0.391. The molecule has 0 unspecified atom stereocenters. The van der Waals surface area contributed by atoms with Gasteiger partial charge in [0.1, 0.15) is 5.82 Å². The average Bonchev–Trinajstić information content (AvgIpc) is 2.81. The third-order valence-corrected chi connectivity index (χ3v) is 7.66. The number of nitrogens with one attached hydrogen (secondary N) is 1. The number of hydrogen-bond acceptors (Lipinski definition) is 5. The maximum atomic E-state index is 13.0. The maximum Gasteiger partial charge on any atom is 0.253 e. The summed E-state index contributed by atoms with van der Waals surface area (Å²) in [5, 5.41) is 2.73. The fourth-order valence-electron chi connectivity index (χ4n) is 3.71. The van der Waals surface area contributed by atoms with E-state index in [4.69, 9.17) is 0 Å². The predicted molar refractivity (Wildman–Crippen MR) is 124 cm³/mol. The number of sulfonamides is 1. The van der Waals surface area contributed by atoms with Crippen LogP contribution in [0.5, 0.6) is 0 Å². The largest absolute Gasteiger partial charge is 0.336 e. The van der Waals surface area contributed by atoms with Crippen LogP contribution < -0.4 is 5.32 Å². The van der Waals surface area contributed by atoms with Gasteiger partial charge in [-0.1, -0.05) is 13.8 Å². The number of amides is 2. The molecule has 1 aliphatic heterocycles. The first-order valence-corrected chi connectivity index (χ1v) is 12.4. The molecule has 0 atom stereocenters. The number of carbonyl (C=O) groups is 2. The van der Waals surface area contributed by atoms with E-state index < -0.39 is 10.0 Å². The van der Waals surface area contributed by atoms with Gasteiger partial charge in [-0.2, -0.15) is 4.31 Å². The summed E-state index contributed by atoms with van der Waals surface area (Å²) in [6, 6.07) is 11.6. The average molecular weight is 477 g/mol. The van der Waals surface area contributed by atoms with Crippen molar-refractivity contribution in [1.82, 2.24) is 14.1 Å². The van der Waals surface area contributed by atoms with Crippen LogP contribution in [0.2, 0.25) is 0 Å².